The summed E-state index contributed by atoms with van der Waals surface area (Å²) in [5.74, 6) is 0.226. The van der Waals surface area contributed by atoms with E-state index < -0.39 is 4.87 Å². The number of piperazine rings is 1. The summed E-state index contributed by atoms with van der Waals surface area (Å²) in [7, 11) is 3.86. The average Bonchev–Trinajstić information content (AvgIpc) is 3.23. The Hall–Kier alpha value is -2.12. The number of carbonyl (C=O) groups is 2. The third kappa shape index (κ3) is 13.2. The van der Waals surface area contributed by atoms with Gasteiger partial charge in [0.1, 0.15) is 4.87 Å². The van der Waals surface area contributed by atoms with E-state index >= 15 is 0 Å². The van der Waals surface area contributed by atoms with E-state index in [1.807, 2.05) is 41.5 Å². The molecule has 39 heavy (non-hydrogen) atoms. The maximum atomic E-state index is 11.7. The molecule has 2 aliphatic heterocycles. The van der Waals surface area contributed by atoms with Crippen LogP contribution in [0.5, 0.6) is 0 Å². The van der Waals surface area contributed by atoms with Crippen molar-refractivity contribution in [2.75, 3.05) is 59.1 Å². The number of rotatable bonds is 9. The highest BCUT2D eigenvalue weighted by molar-refractivity contribution is 8.01. The summed E-state index contributed by atoms with van der Waals surface area (Å²) in [5, 5.41) is 11.6. The number of amides is 2. The third-order valence-electron chi connectivity index (χ3n) is 6.63. The van der Waals surface area contributed by atoms with Gasteiger partial charge in [0.05, 0.1) is 24.7 Å². The highest BCUT2D eigenvalue weighted by Gasteiger charge is 2.45. The fraction of sp³-hybridized carbons (Fsp3) is 0.700. The van der Waals surface area contributed by atoms with Crippen LogP contribution in [-0.2, 0) is 16.0 Å². The largest absolute Gasteiger partial charge is 0.356 e. The van der Waals surface area contributed by atoms with Gasteiger partial charge in [-0.3, -0.25) is 9.59 Å². The fourth-order valence-electron chi connectivity index (χ4n) is 4.07. The van der Waals surface area contributed by atoms with Gasteiger partial charge in [0.25, 0.3) is 0 Å². The molecule has 2 aliphatic rings. The Morgan fingerprint density at radius 2 is 1.72 bits per heavy atom. The van der Waals surface area contributed by atoms with E-state index in [9.17, 15) is 9.59 Å². The summed E-state index contributed by atoms with van der Waals surface area (Å²) in [6.45, 7) is 18.6. The second kappa shape index (κ2) is 20.7. The second-order valence-corrected chi connectivity index (χ2v) is 10.8. The minimum Gasteiger partial charge on any atom is -0.356 e. The first kappa shape index (κ1) is 36.9. The van der Waals surface area contributed by atoms with Crippen molar-refractivity contribution in [3.8, 4) is 6.07 Å². The van der Waals surface area contributed by atoms with Crippen molar-refractivity contribution < 1.29 is 9.59 Å². The van der Waals surface area contributed by atoms with E-state index in [1.54, 1.807) is 7.05 Å². The van der Waals surface area contributed by atoms with E-state index in [2.05, 4.69) is 52.5 Å². The number of carbonyl (C=O) groups excluding carboxylic acids is 2. The molecule has 1 aromatic carbocycles. The Morgan fingerprint density at radius 1 is 1.13 bits per heavy atom. The topological polar surface area (TPSA) is 106 Å². The van der Waals surface area contributed by atoms with Gasteiger partial charge in [-0.1, -0.05) is 58.9 Å². The Bertz CT molecular complexity index is 850. The van der Waals surface area contributed by atoms with Gasteiger partial charge >= 0.3 is 0 Å². The zero-order valence-electron chi connectivity index (χ0n) is 25.8. The number of nitrogens with one attached hydrogen (secondary N) is 1. The lowest BCUT2D eigenvalue weighted by Crippen LogP contribution is -2.45. The van der Waals surface area contributed by atoms with Gasteiger partial charge in [0.15, 0.2) is 0 Å². The number of nitrogens with two attached hydrogens (primary N) is 1. The van der Waals surface area contributed by atoms with Crippen LogP contribution in [-0.4, -0.2) is 90.5 Å². The minimum absolute atomic E-state index is 0.0199. The number of benzene rings is 1. The molecule has 2 unspecified atom stereocenters. The molecule has 0 aromatic heterocycles. The van der Waals surface area contributed by atoms with E-state index in [0.717, 1.165) is 12.8 Å². The molecule has 9 heteroatoms. The molecule has 222 valence electrons. The minimum atomic E-state index is -0.677. The van der Waals surface area contributed by atoms with Crippen molar-refractivity contribution in [2.24, 2.45) is 5.73 Å². The van der Waals surface area contributed by atoms with Crippen LogP contribution in [0.15, 0.2) is 24.3 Å². The molecule has 0 saturated carbocycles. The molecule has 0 aliphatic carbocycles. The predicted molar refractivity (Wildman–Crippen MR) is 165 cm³/mol. The normalized spacial score (nSPS) is 19.8. The first-order valence-electron chi connectivity index (χ1n) is 14.5. The maximum Gasteiger partial charge on any atom is 0.233 e. The van der Waals surface area contributed by atoms with E-state index in [-0.39, 0.29) is 30.7 Å². The van der Waals surface area contributed by atoms with E-state index in [1.165, 1.54) is 60.5 Å². The summed E-state index contributed by atoms with van der Waals surface area (Å²) < 4.78 is 0. The molecular formula is C30H54N6O2S. The van der Waals surface area contributed by atoms with Crippen LogP contribution < -0.4 is 11.1 Å². The van der Waals surface area contributed by atoms with Gasteiger partial charge in [-0.15, -0.1) is 11.8 Å². The summed E-state index contributed by atoms with van der Waals surface area (Å²) in [6.07, 6.45) is 2.38. The van der Waals surface area contributed by atoms with Crippen molar-refractivity contribution in [1.29, 1.82) is 5.26 Å². The molecule has 0 bridgehead atoms. The highest BCUT2D eigenvalue weighted by Crippen LogP contribution is 2.40. The lowest BCUT2D eigenvalue weighted by Gasteiger charge is -2.32. The first-order valence-corrected chi connectivity index (χ1v) is 15.5. The van der Waals surface area contributed by atoms with Crippen LogP contribution in [0.2, 0.25) is 0 Å². The number of hydrogen-bond acceptors (Lipinski definition) is 7. The van der Waals surface area contributed by atoms with Crippen molar-refractivity contribution in [3.63, 3.8) is 0 Å². The van der Waals surface area contributed by atoms with Crippen LogP contribution in [0.4, 0.5) is 0 Å². The quantitative estimate of drug-likeness (QED) is 0.463. The Labute approximate surface area is 242 Å². The smallest absolute Gasteiger partial charge is 0.233 e. The number of thioether (sulfide) groups is 1. The predicted octanol–water partition coefficient (Wildman–Crippen LogP) is 4.27. The molecule has 3 rings (SSSR count). The van der Waals surface area contributed by atoms with Crippen molar-refractivity contribution in [2.45, 2.75) is 78.1 Å². The van der Waals surface area contributed by atoms with Gasteiger partial charge in [-0.2, -0.15) is 5.26 Å². The van der Waals surface area contributed by atoms with Gasteiger partial charge < -0.3 is 25.8 Å². The Balaban J connectivity index is 0.000000658. The van der Waals surface area contributed by atoms with E-state index in [4.69, 9.17) is 11.0 Å². The van der Waals surface area contributed by atoms with Crippen LogP contribution in [0, 0.1) is 11.3 Å². The summed E-state index contributed by atoms with van der Waals surface area (Å²) in [6, 6.07) is 11.0. The maximum absolute atomic E-state index is 11.7. The third-order valence-corrected chi connectivity index (χ3v) is 8.12. The van der Waals surface area contributed by atoms with Gasteiger partial charge in [-0.25, -0.2) is 0 Å². The van der Waals surface area contributed by atoms with Gasteiger partial charge in [0.2, 0.25) is 11.8 Å². The molecule has 2 atom stereocenters. The number of likely N-dealkylation sites (N-methyl/N-ethyl adjacent to an activating group) is 1. The Kier molecular flexibility index (Phi) is 19.6. The lowest BCUT2D eigenvalue weighted by molar-refractivity contribution is -0.130. The molecule has 8 nitrogen and oxygen atoms in total. The SMILES string of the molecule is CC.CC.CC(N)c1ccc(CCN2CCN(C)CC2)cc1.CCCNC(=O)CC1(CC#N)SCC(=O)N1C. The van der Waals surface area contributed by atoms with Gasteiger partial charge in [-0.05, 0) is 37.9 Å². The molecule has 0 spiro atoms. The van der Waals surface area contributed by atoms with E-state index in [0.29, 0.717) is 12.3 Å². The Morgan fingerprint density at radius 3 is 2.18 bits per heavy atom. The first-order chi connectivity index (χ1) is 18.7. The second-order valence-electron chi connectivity index (χ2n) is 9.47. The molecule has 3 N–H and O–H groups in total. The van der Waals surface area contributed by atoms with Crippen molar-refractivity contribution in [3.05, 3.63) is 35.4 Å². The standard InChI is InChI=1S/C15H25N3.C11H17N3O2S.2C2H6/c1-13(16)15-5-3-14(4-6-15)7-8-18-11-9-17(2)10-12-18;1-3-6-13-9(15)7-11(4-5-12)14(2)10(16)8-17-11;2*1-2/h3-6,13H,7-12,16H2,1-2H3;3-4,6-8H2,1-2H3,(H,13,15);2*1-2H3. The molecule has 1 aromatic rings. The summed E-state index contributed by atoms with van der Waals surface area (Å²) >= 11 is 1.39. The molecule has 2 heterocycles. The average molecular weight is 563 g/mol. The molecule has 2 amide bonds. The van der Waals surface area contributed by atoms with Crippen LogP contribution in [0.25, 0.3) is 0 Å². The summed E-state index contributed by atoms with van der Waals surface area (Å²) in [4.78, 5) is 29.1. The van der Waals surface area contributed by atoms with Gasteiger partial charge in [0, 0.05) is 52.4 Å². The zero-order valence-corrected chi connectivity index (χ0v) is 26.6. The lowest BCUT2D eigenvalue weighted by atomic mass is 10.0. The number of nitrogens with zero attached hydrogens (tertiary/aromatic N) is 4. The van der Waals surface area contributed by atoms with Crippen LogP contribution >= 0.6 is 11.8 Å². The molecule has 2 saturated heterocycles. The van der Waals surface area contributed by atoms with Crippen LogP contribution in [0.3, 0.4) is 0 Å². The fourth-order valence-corrected chi connectivity index (χ4v) is 5.35. The zero-order chi connectivity index (χ0) is 29.8. The number of hydrogen-bond donors (Lipinski definition) is 2. The van der Waals surface area contributed by atoms with Crippen molar-refractivity contribution in [1.82, 2.24) is 20.0 Å². The van der Waals surface area contributed by atoms with Crippen molar-refractivity contribution >= 4 is 23.6 Å². The molecule has 2 fully saturated rings. The monoisotopic (exact) mass is 562 g/mol. The summed E-state index contributed by atoms with van der Waals surface area (Å²) in [5.41, 5.74) is 8.49. The highest BCUT2D eigenvalue weighted by atomic mass is 32.2. The number of nitriles is 1. The molecular weight excluding hydrogens is 508 g/mol. The molecule has 0 radical (unpaired) electrons. The van der Waals surface area contributed by atoms with Crippen LogP contribution in [0.1, 0.15) is 78.0 Å².